The van der Waals surface area contributed by atoms with Gasteiger partial charge in [-0.3, -0.25) is 0 Å². The molecule has 4 heteroatoms. The fourth-order valence-electron chi connectivity index (χ4n) is 0.917. The molecule has 0 aliphatic carbocycles. The molecule has 0 saturated carbocycles. The molecule has 0 aromatic rings. The summed E-state index contributed by atoms with van der Waals surface area (Å²) < 4.78 is 21.6. The van der Waals surface area contributed by atoms with Gasteiger partial charge in [-0.2, -0.15) is 0 Å². The van der Waals surface area contributed by atoms with E-state index in [1.807, 2.05) is 13.8 Å². The van der Waals surface area contributed by atoms with E-state index in [0.717, 1.165) is 6.42 Å². The maximum absolute atomic E-state index is 10.8. The summed E-state index contributed by atoms with van der Waals surface area (Å²) in [5.74, 6) is 1.08. The summed E-state index contributed by atoms with van der Waals surface area (Å²) in [4.78, 5) is 0. The van der Waals surface area contributed by atoms with E-state index in [0.29, 0.717) is 18.4 Å². The van der Waals surface area contributed by atoms with Crippen LogP contribution in [0.2, 0.25) is 0 Å². The van der Waals surface area contributed by atoms with Crippen LogP contribution in [0.3, 0.4) is 0 Å². The maximum Gasteiger partial charge on any atom is 0.147 e. The highest BCUT2D eigenvalue weighted by atomic mass is 32.2. The van der Waals surface area contributed by atoms with E-state index in [-0.39, 0.29) is 5.75 Å². The fraction of sp³-hybridized carbons (Fsp3) is 1.00. The smallest absolute Gasteiger partial charge is 0.147 e. The van der Waals surface area contributed by atoms with Gasteiger partial charge >= 0.3 is 0 Å². The number of rotatable bonds is 5. The third-order valence-corrected chi connectivity index (χ3v) is 3.26. The summed E-state index contributed by atoms with van der Waals surface area (Å²) >= 11 is 0. The largest absolute Gasteiger partial charge is 0.330 e. The average Bonchev–Trinajstić information content (AvgIpc) is 1.97. The molecule has 0 aliphatic heterocycles. The van der Waals surface area contributed by atoms with Gasteiger partial charge in [0.2, 0.25) is 0 Å². The van der Waals surface area contributed by atoms with Crippen LogP contribution < -0.4 is 5.73 Å². The third kappa shape index (κ3) is 5.55. The molecule has 0 spiro atoms. The van der Waals surface area contributed by atoms with Gasteiger partial charge in [0.15, 0.2) is 0 Å². The first-order valence-electron chi connectivity index (χ1n) is 4.24. The minimum absolute atomic E-state index is 0.276. The summed E-state index contributed by atoms with van der Waals surface area (Å²) in [6, 6.07) is 0. The second-order valence-corrected chi connectivity index (χ2v) is 5.87. The molecule has 2 unspecified atom stereocenters. The summed E-state index contributed by atoms with van der Waals surface area (Å²) in [6.45, 7) is 4.72. The van der Waals surface area contributed by atoms with Crippen LogP contribution in [0.15, 0.2) is 0 Å². The summed E-state index contributed by atoms with van der Waals surface area (Å²) in [5.41, 5.74) is 5.46. The van der Waals surface area contributed by atoms with Crippen LogP contribution in [0.5, 0.6) is 0 Å². The topological polar surface area (TPSA) is 60.2 Å². The number of nitrogens with two attached hydrogens (primary N) is 1. The Morgan fingerprint density at radius 1 is 1.25 bits per heavy atom. The summed E-state index contributed by atoms with van der Waals surface area (Å²) in [6.07, 6.45) is 1.99. The van der Waals surface area contributed by atoms with Crippen LogP contribution in [-0.2, 0) is 9.84 Å². The Balaban J connectivity index is 3.79. The van der Waals surface area contributed by atoms with Crippen molar-refractivity contribution in [2.24, 2.45) is 17.6 Å². The van der Waals surface area contributed by atoms with Gasteiger partial charge in [-0.25, -0.2) is 8.42 Å². The van der Waals surface area contributed by atoms with Gasteiger partial charge in [0, 0.05) is 6.26 Å². The van der Waals surface area contributed by atoms with Crippen molar-refractivity contribution in [2.75, 3.05) is 18.6 Å². The van der Waals surface area contributed by atoms with Gasteiger partial charge in [0.05, 0.1) is 5.75 Å². The molecule has 0 fully saturated rings. The Hall–Kier alpha value is -0.0900. The van der Waals surface area contributed by atoms with E-state index in [1.54, 1.807) is 0 Å². The van der Waals surface area contributed by atoms with Crippen molar-refractivity contribution in [1.29, 1.82) is 0 Å². The molecule has 0 aliphatic rings. The fourth-order valence-corrected chi connectivity index (χ4v) is 1.72. The Morgan fingerprint density at radius 2 is 1.75 bits per heavy atom. The number of hydrogen-bond acceptors (Lipinski definition) is 3. The minimum atomic E-state index is -2.80. The van der Waals surface area contributed by atoms with Crippen molar-refractivity contribution in [3.05, 3.63) is 0 Å². The molecule has 0 amide bonds. The Morgan fingerprint density at radius 3 is 2.08 bits per heavy atom. The van der Waals surface area contributed by atoms with Crippen molar-refractivity contribution >= 4 is 9.84 Å². The molecule has 3 nitrogen and oxygen atoms in total. The minimum Gasteiger partial charge on any atom is -0.330 e. The Bertz CT molecular complexity index is 211. The number of sulfone groups is 1. The predicted octanol–water partition coefficient (Wildman–Crippen LogP) is 0.652. The standard InChI is InChI=1S/C8H19NO2S/c1-7(8(2)6-9)4-5-12(3,10)11/h7-8H,4-6,9H2,1-3H3. The van der Waals surface area contributed by atoms with E-state index >= 15 is 0 Å². The predicted molar refractivity (Wildman–Crippen MR) is 51.7 cm³/mol. The molecule has 12 heavy (non-hydrogen) atoms. The van der Waals surface area contributed by atoms with Gasteiger partial charge in [0.1, 0.15) is 9.84 Å². The lowest BCUT2D eigenvalue weighted by atomic mass is 9.94. The second kappa shape index (κ2) is 4.82. The lowest BCUT2D eigenvalue weighted by molar-refractivity contribution is 0.386. The molecular weight excluding hydrogens is 174 g/mol. The molecule has 0 bridgehead atoms. The summed E-state index contributed by atoms with van der Waals surface area (Å²) in [7, 11) is -2.80. The lowest BCUT2D eigenvalue weighted by Crippen LogP contribution is -2.20. The van der Waals surface area contributed by atoms with Crippen molar-refractivity contribution < 1.29 is 8.42 Å². The van der Waals surface area contributed by atoms with E-state index in [4.69, 9.17) is 5.73 Å². The van der Waals surface area contributed by atoms with Crippen LogP contribution in [-0.4, -0.2) is 27.0 Å². The molecule has 0 radical (unpaired) electrons. The van der Waals surface area contributed by atoms with E-state index < -0.39 is 9.84 Å². The molecule has 0 aromatic heterocycles. The Labute approximate surface area is 75.3 Å². The highest BCUT2D eigenvalue weighted by molar-refractivity contribution is 7.90. The van der Waals surface area contributed by atoms with Crippen molar-refractivity contribution in [3.63, 3.8) is 0 Å². The van der Waals surface area contributed by atoms with E-state index in [2.05, 4.69) is 0 Å². The third-order valence-electron chi connectivity index (χ3n) is 2.29. The van der Waals surface area contributed by atoms with Crippen molar-refractivity contribution in [3.8, 4) is 0 Å². The lowest BCUT2D eigenvalue weighted by Gasteiger charge is -2.16. The number of hydrogen-bond donors (Lipinski definition) is 1. The molecule has 2 N–H and O–H groups in total. The average molecular weight is 193 g/mol. The van der Waals surface area contributed by atoms with Crippen LogP contribution in [0.1, 0.15) is 20.3 Å². The summed E-state index contributed by atoms with van der Waals surface area (Å²) in [5, 5.41) is 0. The zero-order valence-corrected chi connectivity index (χ0v) is 8.89. The highest BCUT2D eigenvalue weighted by Crippen LogP contribution is 2.14. The van der Waals surface area contributed by atoms with Crippen molar-refractivity contribution in [1.82, 2.24) is 0 Å². The normalized spacial score (nSPS) is 17.3. The monoisotopic (exact) mass is 193 g/mol. The van der Waals surface area contributed by atoms with Gasteiger partial charge in [-0.05, 0) is 24.8 Å². The van der Waals surface area contributed by atoms with Crippen LogP contribution in [0.25, 0.3) is 0 Å². The van der Waals surface area contributed by atoms with Gasteiger partial charge in [-0.1, -0.05) is 13.8 Å². The molecule has 0 heterocycles. The highest BCUT2D eigenvalue weighted by Gasteiger charge is 2.12. The SMILES string of the molecule is CC(CN)C(C)CCS(C)(=O)=O. The van der Waals surface area contributed by atoms with Crippen LogP contribution >= 0.6 is 0 Å². The molecule has 0 saturated heterocycles. The zero-order valence-electron chi connectivity index (χ0n) is 8.08. The molecule has 74 valence electrons. The van der Waals surface area contributed by atoms with Crippen LogP contribution in [0, 0.1) is 11.8 Å². The van der Waals surface area contributed by atoms with Gasteiger partial charge < -0.3 is 5.73 Å². The van der Waals surface area contributed by atoms with Gasteiger partial charge in [-0.15, -0.1) is 0 Å². The Kier molecular flexibility index (Phi) is 4.78. The molecule has 0 aromatic carbocycles. The maximum atomic E-state index is 10.8. The first-order chi connectivity index (χ1) is 5.37. The molecular formula is C8H19NO2S. The first-order valence-corrected chi connectivity index (χ1v) is 6.30. The van der Waals surface area contributed by atoms with E-state index in [1.165, 1.54) is 6.26 Å². The van der Waals surface area contributed by atoms with Crippen LogP contribution in [0.4, 0.5) is 0 Å². The molecule has 0 rings (SSSR count). The van der Waals surface area contributed by atoms with Gasteiger partial charge in [0.25, 0.3) is 0 Å². The zero-order chi connectivity index (χ0) is 9.78. The second-order valence-electron chi connectivity index (χ2n) is 3.61. The quantitative estimate of drug-likeness (QED) is 0.697. The molecule has 2 atom stereocenters. The van der Waals surface area contributed by atoms with E-state index in [9.17, 15) is 8.42 Å². The first kappa shape index (κ1) is 11.9. The van der Waals surface area contributed by atoms with Crippen molar-refractivity contribution in [2.45, 2.75) is 20.3 Å².